The number of aliphatic carboxylic acids is 1. The molecule has 1 aromatic rings. The summed E-state index contributed by atoms with van der Waals surface area (Å²) >= 11 is 0. The highest BCUT2D eigenvalue weighted by molar-refractivity contribution is 5.66. The first-order valence-corrected chi connectivity index (χ1v) is 11.8. The summed E-state index contributed by atoms with van der Waals surface area (Å²) in [5, 5.41) is 16.4. The van der Waals surface area contributed by atoms with E-state index in [1.807, 2.05) is 10.9 Å². The van der Waals surface area contributed by atoms with Gasteiger partial charge < -0.3 is 5.11 Å². The van der Waals surface area contributed by atoms with Crippen molar-refractivity contribution in [2.24, 2.45) is 0 Å². The molecule has 0 amide bonds. The average molecular weight is 394 g/mol. The van der Waals surface area contributed by atoms with E-state index >= 15 is 0 Å². The summed E-state index contributed by atoms with van der Waals surface area (Å²) in [7, 11) is 0. The molecule has 1 N–H and O–H groups in total. The molecular formula is C23H43N3O2. The Morgan fingerprint density at radius 2 is 1.04 bits per heavy atom. The molecule has 162 valence electrons. The van der Waals surface area contributed by atoms with Crippen LogP contribution in [-0.4, -0.2) is 26.1 Å². The summed E-state index contributed by atoms with van der Waals surface area (Å²) in [5.74, 6) is -0.657. The molecule has 0 unspecified atom stereocenters. The maximum absolute atomic E-state index is 10.4. The lowest BCUT2D eigenvalue weighted by molar-refractivity contribution is -0.137. The Morgan fingerprint density at radius 3 is 1.39 bits per heavy atom. The van der Waals surface area contributed by atoms with Gasteiger partial charge in [-0.2, -0.15) is 0 Å². The van der Waals surface area contributed by atoms with Crippen LogP contribution in [0, 0.1) is 0 Å². The number of carboxylic acids is 1. The van der Waals surface area contributed by atoms with Crippen LogP contribution in [0.2, 0.25) is 0 Å². The molecule has 5 nitrogen and oxygen atoms in total. The lowest BCUT2D eigenvalue weighted by atomic mass is 10.0. The van der Waals surface area contributed by atoms with Gasteiger partial charge in [0, 0.05) is 19.2 Å². The second-order valence-corrected chi connectivity index (χ2v) is 8.17. The van der Waals surface area contributed by atoms with Crippen molar-refractivity contribution >= 4 is 5.97 Å². The van der Waals surface area contributed by atoms with Crippen LogP contribution in [0.15, 0.2) is 12.4 Å². The van der Waals surface area contributed by atoms with Gasteiger partial charge in [-0.15, -0.1) is 5.10 Å². The molecule has 0 atom stereocenters. The van der Waals surface area contributed by atoms with Gasteiger partial charge in [-0.05, 0) is 12.8 Å². The van der Waals surface area contributed by atoms with E-state index in [1.54, 1.807) is 6.20 Å². The van der Waals surface area contributed by atoms with E-state index < -0.39 is 5.97 Å². The first kappa shape index (κ1) is 24.6. The summed E-state index contributed by atoms with van der Waals surface area (Å²) in [6, 6.07) is 0. The van der Waals surface area contributed by atoms with E-state index in [4.69, 9.17) is 5.11 Å². The van der Waals surface area contributed by atoms with E-state index in [9.17, 15) is 4.79 Å². The Bertz CT molecular complexity index is 449. The number of hydrogen-bond donors (Lipinski definition) is 1. The Labute approximate surface area is 172 Å². The zero-order valence-electron chi connectivity index (χ0n) is 18.0. The number of hydrogen-bond acceptors (Lipinski definition) is 3. The summed E-state index contributed by atoms with van der Waals surface area (Å²) in [4.78, 5) is 10.4. The third-order valence-electron chi connectivity index (χ3n) is 5.50. The van der Waals surface area contributed by atoms with E-state index in [2.05, 4.69) is 10.3 Å². The standard InChI is InChI=1S/C23H43N3O2/c27-23(28)19-17-15-13-11-9-7-5-3-1-2-4-6-8-10-12-14-16-18-21-26-22-20-24-25-26/h20,22H,1-19,21H2,(H,27,28). The molecule has 0 spiro atoms. The molecule has 0 bridgehead atoms. The van der Waals surface area contributed by atoms with Crippen LogP contribution < -0.4 is 0 Å². The van der Waals surface area contributed by atoms with Gasteiger partial charge in [0.25, 0.3) is 0 Å². The van der Waals surface area contributed by atoms with Crippen LogP contribution in [0.5, 0.6) is 0 Å². The lowest BCUT2D eigenvalue weighted by Crippen LogP contribution is -1.98. The number of rotatable bonds is 21. The van der Waals surface area contributed by atoms with Gasteiger partial charge >= 0.3 is 5.97 Å². The number of nitrogens with zero attached hydrogens (tertiary/aromatic N) is 3. The molecule has 5 heteroatoms. The van der Waals surface area contributed by atoms with Gasteiger partial charge in [0.1, 0.15) is 0 Å². The van der Waals surface area contributed by atoms with Crippen molar-refractivity contribution < 1.29 is 9.90 Å². The van der Waals surface area contributed by atoms with Gasteiger partial charge in [-0.25, -0.2) is 0 Å². The van der Waals surface area contributed by atoms with Crippen LogP contribution in [0.3, 0.4) is 0 Å². The molecule has 0 aliphatic heterocycles. The smallest absolute Gasteiger partial charge is 0.303 e. The maximum atomic E-state index is 10.4. The average Bonchev–Trinajstić information content (AvgIpc) is 3.19. The summed E-state index contributed by atoms with van der Waals surface area (Å²) < 4.78 is 1.92. The van der Waals surface area contributed by atoms with Crippen LogP contribution in [0.25, 0.3) is 0 Å². The Kier molecular flexibility index (Phi) is 16.7. The molecule has 0 aromatic carbocycles. The molecule has 1 rings (SSSR count). The molecule has 0 aliphatic rings. The Morgan fingerprint density at radius 1 is 0.643 bits per heavy atom. The molecule has 0 saturated carbocycles. The second-order valence-electron chi connectivity index (χ2n) is 8.17. The van der Waals surface area contributed by atoms with Crippen molar-refractivity contribution in [1.82, 2.24) is 15.0 Å². The lowest BCUT2D eigenvalue weighted by Gasteiger charge is -2.04. The predicted molar refractivity (Wildman–Crippen MR) is 115 cm³/mol. The molecule has 0 saturated heterocycles. The molecule has 0 radical (unpaired) electrons. The largest absolute Gasteiger partial charge is 0.481 e. The fraction of sp³-hybridized carbons (Fsp3) is 0.870. The number of carbonyl (C=O) groups is 1. The van der Waals surface area contributed by atoms with E-state index in [0.29, 0.717) is 6.42 Å². The highest BCUT2D eigenvalue weighted by atomic mass is 16.4. The summed E-state index contributed by atoms with van der Waals surface area (Å²) in [6.07, 6.45) is 27.6. The van der Waals surface area contributed by atoms with Crippen LogP contribution in [0.1, 0.15) is 122 Å². The SMILES string of the molecule is O=C(O)CCCCCCCCCCCCCCCCCCCCn1ccnn1. The summed E-state index contributed by atoms with van der Waals surface area (Å²) in [5.41, 5.74) is 0. The molecule has 1 aromatic heterocycles. The second kappa shape index (κ2) is 18.9. The first-order valence-electron chi connectivity index (χ1n) is 11.8. The topological polar surface area (TPSA) is 68.0 Å². The number of unbranched alkanes of at least 4 members (excludes halogenated alkanes) is 17. The third-order valence-corrected chi connectivity index (χ3v) is 5.50. The Hall–Kier alpha value is -1.39. The van der Waals surface area contributed by atoms with Crippen molar-refractivity contribution in [2.75, 3.05) is 0 Å². The quantitative estimate of drug-likeness (QED) is 0.234. The maximum Gasteiger partial charge on any atom is 0.303 e. The van der Waals surface area contributed by atoms with Gasteiger partial charge in [-0.1, -0.05) is 108 Å². The monoisotopic (exact) mass is 393 g/mol. The van der Waals surface area contributed by atoms with Crippen molar-refractivity contribution in [3.8, 4) is 0 Å². The predicted octanol–water partition coefficient (Wildman–Crippen LogP) is 6.77. The van der Waals surface area contributed by atoms with E-state index in [-0.39, 0.29) is 0 Å². The number of carboxylic acid groups (broad SMARTS) is 1. The first-order chi connectivity index (χ1) is 13.8. The highest BCUT2D eigenvalue weighted by Crippen LogP contribution is 2.14. The molecular weight excluding hydrogens is 350 g/mol. The fourth-order valence-electron chi connectivity index (χ4n) is 3.73. The zero-order valence-corrected chi connectivity index (χ0v) is 18.0. The number of aromatic nitrogens is 3. The van der Waals surface area contributed by atoms with Gasteiger partial charge in [0.05, 0.1) is 6.20 Å². The highest BCUT2D eigenvalue weighted by Gasteiger charge is 1.97. The van der Waals surface area contributed by atoms with Crippen molar-refractivity contribution in [3.05, 3.63) is 12.4 Å². The molecule has 0 aliphatic carbocycles. The number of aryl methyl sites for hydroxylation is 1. The fourth-order valence-corrected chi connectivity index (χ4v) is 3.73. The van der Waals surface area contributed by atoms with Gasteiger partial charge in [-0.3, -0.25) is 9.48 Å². The van der Waals surface area contributed by atoms with Gasteiger partial charge in [0.2, 0.25) is 0 Å². The third kappa shape index (κ3) is 16.8. The van der Waals surface area contributed by atoms with Crippen molar-refractivity contribution in [1.29, 1.82) is 0 Å². The van der Waals surface area contributed by atoms with Crippen molar-refractivity contribution in [2.45, 2.75) is 129 Å². The molecule has 0 fully saturated rings. The molecule has 28 heavy (non-hydrogen) atoms. The Balaban J connectivity index is 1.65. The molecule has 1 heterocycles. The minimum atomic E-state index is -0.657. The van der Waals surface area contributed by atoms with Crippen LogP contribution in [0.4, 0.5) is 0 Å². The van der Waals surface area contributed by atoms with Gasteiger partial charge in [0.15, 0.2) is 0 Å². The minimum absolute atomic E-state index is 0.338. The minimum Gasteiger partial charge on any atom is -0.481 e. The normalized spacial score (nSPS) is 11.1. The van der Waals surface area contributed by atoms with E-state index in [0.717, 1.165) is 19.4 Å². The van der Waals surface area contributed by atoms with Crippen LogP contribution >= 0.6 is 0 Å². The van der Waals surface area contributed by atoms with Crippen molar-refractivity contribution in [3.63, 3.8) is 0 Å². The zero-order chi connectivity index (χ0) is 20.1. The van der Waals surface area contributed by atoms with E-state index in [1.165, 1.54) is 103 Å². The van der Waals surface area contributed by atoms with Crippen LogP contribution in [-0.2, 0) is 11.3 Å². The summed E-state index contributed by atoms with van der Waals surface area (Å²) in [6.45, 7) is 1.01.